The highest BCUT2D eigenvalue weighted by Gasteiger charge is 2.35. The van der Waals surface area contributed by atoms with Crippen LogP contribution in [0.5, 0.6) is 0 Å². The van der Waals surface area contributed by atoms with E-state index in [0.29, 0.717) is 18.4 Å². The molecule has 1 saturated carbocycles. The Morgan fingerprint density at radius 1 is 0.900 bits per heavy atom. The fraction of sp³-hybridized carbons (Fsp3) is 0.778. The van der Waals surface area contributed by atoms with Gasteiger partial charge >= 0.3 is 0 Å². The van der Waals surface area contributed by atoms with Crippen molar-refractivity contribution in [1.82, 2.24) is 0 Å². The average molecular weight is 278 g/mol. The van der Waals surface area contributed by atoms with E-state index >= 15 is 0 Å². The predicted molar refractivity (Wildman–Crippen MR) is 89.4 cm³/mol. The first-order valence-corrected chi connectivity index (χ1v) is 8.51. The van der Waals surface area contributed by atoms with Crippen LogP contribution in [-0.2, 0) is 0 Å². The fourth-order valence-corrected chi connectivity index (χ4v) is 3.80. The van der Waals surface area contributed by atoms with Gasteiger partial charge in [-0.1, -0.05) is 51.0 Å². The van der Waals surface area contributed by atoms with Crippen LogP contribution in [0.2, 0.25) is 0 Å². The summed E-state index contributed by atoms with van der Waals surface area (Å²) in [6.07, 6.45) is 17.0. The second-order valence-corrected chi connectivity index (χ2v) is 6.12. The Morgan fingerprint density at radius 3 is 2.00 bits per heavy atom. The molecule has 0 radical (unpaired) electrons. The molecular formula is C18H34N2. The Labute approximate surface area is 125 Å². The molecule has 0 aliphatic heterocycles. The second-order valence-electron chi connectivity index (χ2n) is 6.12. The van der Waals surface area contributed by atoms with Crippen LogP contribution in [0.25, 0.3) is 0 Å². The van der Waals surface area contributed by atoms with Gasteiger partial charge in [0.2, 0.25) is 0 Å². The molecule has 2 nitrogen and oxygen atoms in total. The predicted octanol–water partition coefficient (Wildman–Crippen LogP) is 3.88. The molecule has 20 heavy (non-hydrogen) atoms. The van der Waals surface area contributed by atoms with Crippen molar-refractivity contribution in [1.29, 1.82) is 0 Å². The summed E-state index contributed by atoms with van der Waals surface area (Å²) in [5.41, 5.74) is 11.5. The standard InChI is InChI=1S/C18H34N2/c1-3-5-8-17-15(7-4-2)10-11-16(12-14-20)18(17)9-6-13-19/h5-6,8-9,15-18H,3-4,7,10-14,19-20H2,1-2H3. The summed E-state index contributed by atoms with van der Waals surface area (Å²) >= 11 is 0. The molecule has 1 aliphatic rings. The van der Waals surface area contributed by atoms with Gasteiger partial charge in [-0.15, -0.1) is 0 Å². The minimum Gasteiger partial charge on any atom is -0.330 e. The Morgan fingerprint density at radius 2 is 1.50 bits per heavy atom. The van der Waals surface area contributed by atoms with Gasteiger partial charge in [0, 0.05) is 6.54 Å². The lowest BCUT2D eigenvalue weighted by Crippen LogP contribution is -2.34. The molecule has 0 aromatic rings. The lowest BCUT2D eigenvalue weighted by Gasteiger charge is -2.41. The number of allylic oxidation sites excluding steroid dienone is 3. The topological polar surface area (TPSA) is 52.0 Å². The van der Waals surface area contributed by atoms with Gasteiger partial charge in [-0.25, -0.2) is 0 Å². The quantitative estimate of drug-likeness (QED) is 0.662. The van der Waals surface area contributed by atoms with Crippen LogP contribution in [-0.4, -0.2) is 13.1 Å². The van der Waals surface area contributed by atoms with Crippen molar-refractivity contribution in [3.05, 3.63) is 24.3 Å². The maximum Gasteiger partial charge on any atom is 0.0106 e. The zero-order chi connectivity index (χ0) is 14.8. The summed E-state index contributed by atoms with van der Waals surface area (Å²) in [5, 5.41) is 0. The van der Waals surface area contributed by atoms with Gasteiger partial charge in [-0.05, 0) is 55.9 Å². The van der Waals surface area contributed by atoms with Crippen LogP contribution in [0.15, 0.2) is 24.3 Å². The van der Waals surface area contributed by atoms with Gasteiger partial charge in [0.25, 0.3) is 0 Å². The summed E-state index contributed by atoms with van der Waals surface area (Å²) in [6.45, 7) is 5.97. The second kappa shape index (κ2) is 10.2. The minimum atomic E-state index is 0.634. The summed E-state index contributed by atoms with van der Waals surface area (Å²) < 4.78 is 0. The zero-order valence-electron chi connectivity index (χ0n) is 13.4. The molecule has 0 aromatic carbocycles. The van der Waals surface area contributed by atoms with Gasteiger partial charge in [0.15, 0.2) is 0 Å². The molecule has 4 unspecified atom stereocenters. The smallest absolute Gasteiger partial charge is 0.0106 e. The highest BCUT2D eigenvalue weighted by Crippen LogP contribution is 2.43. The molecule has 2 heteroatoms. The van der Waals surface area contributed by atoms with E-state index in [4.69, 9.17) is 11.5 Å². The molecule has 1 fully saturated rings. The molecule has 4 atom stereocenters. The monoisotopic (exact) mass is 278 g/mol. The van der Waals surface area contributed by atoms with Crippen molar-refractivity contribution in [3.63, 3.8) is 0 Å². The number of nitrogens with two attached hydrogens (primary N) is 2. The van der Waals surface area contributed by atoms with Gasteiger partial charge < -0.3 is 11.5 Å². The van der Waals surface area contributed by atoms with Crippen molar-refractivity contribution in [2.75, 3.05) is 13.1 Å². The summed E-state index contributed by atoms with van der Waals surface area (Å²) in [5.74, 6) is 2.89. The van der Waals surface area contributed by atoms with Crippen LogP contribution >= 0.6 is 0 Å². The Kier molecular flexibility index (Phi) is 8.88. The van der Waals surface area contributed by atoms with Gasteiger partial charge in [0.05, 0.1) is 0 Å². The maximum atomic E-state index is 5.82. The highest BCUT2D eigenvalue weighted by atomic mass is 14.5. The Bertz CT molecular complexity index is 266. The first-order valence-electron chi connectivity index (χ1n) is 8.51. The average Bonchev–Trinajstić information content (AvgIpc) is 2.46. The molecule has 116 valence electrons. The fourth-order valence-electron chi connectivity index (χ4n) is 3.80. The van der Waals surface area contributed by atoms with Crippen molar-refractivity contribution < 1.29 is 0 Å². The number of hydrogen-bond acceptors (Lipinski definition) is 2. The molecule has 4 N–H and O–H groups in total. The number of hydrogen-bond donors (Lipinski definition) is 2. The van der Waals surface area contributed by atoms with E-state index in [1.54, 1.807) is 0 Å². The SMILES string of the molecule is CCC=CC1C(CCC)CCC(CCN)C1C=CCN. The van der Waals surface area contributed by atoms with E-state index in [2.05, 4.69) is 38.2 Å². The molecule has 0 heterocycles. The van der Waals surface area contributed by atoms with E-state index in [9.17, 15) is 0 Å². The maximum absolute atomic E-state index is 5.82. The van der Waals surface area contributed by atoms with E-state index in [0.717, 1.165) is 31.2 Å². The summed E-state index contributed by atoms with van der Waals surface area (Å²) in [4.78, 5) is 0. The lowest BCUT2D eigenvalue weighted by molar-refractivity contribution is 0.143. The van der Waals surface area contributed by atoms with E-state index in [1.807, 2.05) is 0 Å². The van der Waals surface area contributed by atoms with Crippen LogP contribution in [0.3, 0.4) is 0 Å². The van der Waals surface area contributed by atoms with Crippen molar-refractivity contribution in [2.24, 2.45) is 35.1 Å². The summed E-state index contributed by atoms with van der Waals surface area (Å²) in [6, 6.07) is 0. The molecule has 1 aliphatic carbocycles. The van der Waals surface area contributed by atoms with Crippen LogP contribution in [0, 0.1) is 23.7 Å². The lowest BCUT2D eigenvalue weighted by atomic mass is 9.64. The zero-order valence-corrected chi connectivity index (χ0v) is 13.4. The largest absolute Gasteiger partial charge is 0.330 e. The van der Waals surface area contributed by atoms with Gasteiger partial charge in [-0.3, -0.25) is 0 Å². The molecule has 1 rings (SSSR count). The highest BCUT2D eigenvalue weighted by molar-refractivity contribution is 5.06. The Hall–Kier alpha value is -0.600. The Balaban J connectivity index is 2.91. The van der Waals surface area contributed by atoms with Crippen LogP contribution in [0.1, 0.15) is 52.4 Å². The van der Waals surface area contributed by atoms with Gasteiger partial charge in [-0.2, -0.15) is 0 Å². The van der Waals surface area contributed by atoms with Crippen LogP contribution in [0.4, 0.5) is 0 Å². The van der Waals surface area contributed by atoms with Crippen molar-refractivity contribution >= 4 is 0 Å². The first kappa shape index (κ1) is 17.5. The summed E-state index contributed by atoms with van der Waals surface area (Å²) in [7, 11) is 0. The van der Waals surface area contributed by atoms with Crippen molar-refractivity contribution in [2.45, 2.75) is 52.4 Å². The van der Waals surface area contributed by atoms with E-state index in [1.165, 1.54) is 25.7 Å². The normalized spacial score (nSPS) is 31.4. The molecule has 0 amide bonds. The van der Waals surface area contributed by atoms with E-state index in [-0.39, 0.29) is 0 Å². The molecule has 0 spiro atoms. The third-order valence-electron chi connectivity index (χ3n) is 4.73. The third kappa shape index (κ3) is 5.06. The third-order valence-corrected chi connectivity index (χ3v) is 4.73. The van der Waals surface area contributed by atoms with Crippen molar-refractivity contribution in [3.8, 4) is 0 Å². The molecular weight excluding hydrogens is 244 g/mol. The minimum absolute atomic E-state index is 0.634. The van der Waals surface area contributed by atoms with Gasteiger partial charge in [0.1, 0.15) is 0 Å². The van der Waals surface area contributed by atoms with E-state index < -0.39 is 0 Å². The molecule has 0 aromatic heterocycles. The van der Waals surface area contributed by atoms with Crippen LogP contribution < -0.4 is 11.5 Å². The number of rotatable bonds is 8. The molecule has 0 bridgehead atoms. The first-order chi connectivity index (χ1) is 9.78. The molecule has 0 saturated heterocycles.